The molecule has 0 bridgehead atoms. The molecule has 3 rings (SSSR count). The Kier molecular flexibility index (Phi) is 4.67. The van der Waals surface area contributed by atoms with Crippen molar-refractivity contribution in [3.63, 3.8) is 0 Å². The molecule has 8 heteroatoms. The molecular formula is C18H17F3N4O. The van der Waals surface area contributed by atoms with E-state index in [9.17, 15) is 18.0 Å². The molecule has 0 atom stereocenters. The molecular weight excluding hydrogens is 345 g/mol. The summed E-state index contributed by atoms with van der Waals surface area (Å²) in [6, 6.07) is 10.6. The molecule has 0 radical (unpaired) electrons. The summed E-state index contributed by atoms with van der Waals surface area (Å²) < 4.78 is 39.0. The van der Waals surface area contributed by atoms with Crippen LogP contribution in [0.4, 0.5) is 13.2 Å². The highest BCUT2D eigenvalue weighted by Crippen LogP contribution is 2.26. The van der Waals surface area contributed by atoms with E-state index in [-0.39, 0.29) is 11.6 Å². The molecule has 1 aromatic carbocycles. The number of benzene rings is 1. The third-order valence-corrected chi connectivity index (χ3v) is 3.82. The number of fused-ring (bicyclic) bond motifs is 1. The van der Waals surface area contributed by atoms with Crippen LogP contribution in [0.5, 0.6) is 0 Å². The van der Waals surface area contributed by atoms with Gasteiger partial charge >= 0.3 is 6.18 Å². The SMILES string of the molecule is CC(C)n1ncc2c(C(=O)NCC(F)(F)F)cc(-c3ccccc3)nc21. The molecule has 136 valence electrons. The largest absolute Gasteiger partial charge is 0.405 e. The predicted molar refractivity (Wildman–Crippen MR) is 91.7 cm³/mol. The first-order chi connectivity index (χ1) is 12.3. The number of rotatable bonds is 4. The van der Waals surface area contributed by atoms with Gasteiger partial charge in [-0.15, -0.1) is 0 Å². The van der Waals surface area contributed by atoms with Gasteiger partial charge in [0.2, 0.25) is 0 Å². The zero-order valence-electron chi connectivity index (χ0n) is 14.2. The Morgan fingerprint density at radius 1 is 1.23 bits per heavy atom. The van der Waals surface area contributed by atoms with E-state index >= 15 is 0 Å². The van der Waals surface area contributed by atoms with Gasteiger partial charge in [-0.1, -0.05) is 30.3 Å². The van der Waals surface area contributed by atoms with E-state index in [1.165, 1.54) is 12.3 Å². The summed E-state index contributed by atoms with van der Waals surface area (Å²) in [5, 5.41) is 6.57. The average molecular weight is 362 g/mol. The Labute approximate surface area is 147 Å². The van der Waals surface area contributed by atoms with Crippen molar-refractivity contribution >= 4 is 16.9 Å². The van der Waals surface area contributed by atoms with Gasteiger partial charge in [0.1, 0.15) is 6.54 Å². The number of hydrogen-bond donors (Lipinski definition) is 1. The second-order valence-electron chi connectivity index (χ2n) is 6.14. The van der Waals surface area contributed by atoms with E-state index in [4.69, 9.17) is 0 Å². The van der Waals surface area contributed by atoms with Gasteiger partial charge in [0.25, 0.3) is 5.91 Å². The van der Waals surface area contributed by atoms with Crippen LogP contribution in [0.1, 0.15) is 30.2 Å². The summed E-state index contributed by atoms with van der Waals surface area (Å²) in [5.41, 5.74) is 1.83. The van der Waals surface area contributed by atoms with Crippen LogP contribution in [0.15, 0.2) is 42.6 Å². The van der Waals surface area contributed by atoms with Crippen molar-refractivity contribution in [2.75, 3.05) is 6.54 Å². The highest BCUT2D eigenvalue weighted by atomic mass is 19.4. The predicted octanol–water partition coefficient (Wildman–Crippen LogP) is 3.97. The molecule has 0 unspecified atom stereocenters. The fraction of sp³-hybridized carbons (Fsp3) is 0.278. The second kappa shape index (κ2) is 6.78. The van der Waals surface area contributed by atoms with Crippen LogP contribution in [0.3, 0.4) is 0 Å². The Balaban J connectivity index is 2.13. The quantitative estimate of drug-likeness (QED) is 0.764. The summed E-state index contributed by atoms with van der Waals surface area (Å²) >= 11 is 0. The lowest BCUT2D eigenvalue weighted by molar-refractivity contribution is -0.123. The van der Waals surface area contributed by atoms with Gasteiger partial charge in [-0.25, -0.2) is 9.67 Å². The lowest BCUT2D eigenvalue weighted by Crippen LogP contribution is -2.33. The number of amides is 1. The molecule has 26 heavy (non-hydrogen) atoms. The molecule has 5 nitrogen and oxygen atoms in total. The number of halogens is 3. The van der Waals surface area contributed by atoms with E-state index in [0.717, 1.165) is 5.56 Å². The highest BCUT2D eigenvalue weighted by molar-refractivity contribution is 6.06. The van der Waals surface area contributed by atoms with Gasteiger partial charge in [-0.2, -0.15) is 18.3 Å². The van der Waals surface area contributed by atoms with Crippen molar-refractivity contribution in [3.8, 4) is 11.3 Å². The molecule has 0 aliphatic carbocycles. The fourth-order valence-corrected chi connectivity index (χ4v) is 2.62. The maximum Gasteiger partial charge on any atom is 0.405 e. The number of carbonyl (C=O) groups excluding carboxylic acids is 1. The Hall–Kier alpha value is -2.90. The number of hydrogen-bond acceptors (Lipinski definition) is 3. The Bertz CT molecular complexity index is 933. The molecule has 0 saturated heterocycles. The molecule has 2 aromatic heterocycles. The normalized spacial score (nSPS) is 11.9. The van der Waals surface area contributed by atoms with Gasteiger partial charge < -0.3 is 5.32 Å². The minimum Gasteiger partial charge on any atom is -0.343 e. The van der Waals surface area contributed by atoms with Gasteiger partial charge in [0, 0.05) is 11.6 Å². The van der Waals surface area contributed by atoms with E-state index in [1.807, 2.05) is 49.5 Å². The fourth-order valence-electron chi connectivity index (χ4n) is 2.62. The van der Waals surface area contributed by atoms with Crippen LogP contribution >= 0.6 is 0 Å². The maximum absolute atomic E-state index is 12.5. The molecule has 0 aliphatic heterocycles. The van der Waals surface area contributed by atoms with E-state index < -0.39 is 18.6 Å². The van der Waals surface area contributed by atoms with Crippen LogP contribution in [-0.2, 0) is 0 Å². The summed E-state index contributed by atoms with van der Waals surface area (Å²) in [6.45, 7) is 2.42. The summed E-state index contributed by atoms with van der Waals surface area (Å²) in [6.07, 6.45) is -3.02. The summed E-state index contributed by atoms with van der Waals surface area (Å²) in [5.74, 6) is -0.810. The van der Waals surface area contributed by atoms with Gasteiger partial charge in [-0.05, 0) is 19.9 Å². The number of alkyl halides is 3. The third-order valence-electron chi connectivity index (χ3n) is 3.82. The van der Waals surface area contributed by atoms with Crippen LogP contribution in [-0.4, -0.2) is 33.4 Å². The molecule has 0 aliphatic rings. The van der Waals surface area contributed by atoms with Crippen molar-refractivity contribution in [1.82, 2.24) is 20.1 Å². The zero-order chi connectivity index (χ0) is 18.9. The molecule has 0 fully saturated rings. The summed E-state index contributed by atoms with van der Waals surface area (Å²) in [7, 11) is 0. The Morgan fingerprint density at radius 2 is 1.92 bits per heavy atom. The van der Waals surface area contributed by atoms with Crippen molar-refractivity contribution in [1.29, 1.82) is 0 Å². The van der Waals surface area contributed by atoms with Crippen molar-refractivity contribution in [2.24, 2.45) is 0 Å². The number of pyridine rings is 1. The summed E-state index contributed by atoms with van der Waals surface area (Å²) in [4.78, 5) is 17.0. The van der Waals surface area contributed by atoms with Crippen molar-refractivity contribution in [2.45, 2.75) is 26.1 Å². The lowest BCUT2D eigenvalue weighted by atomic mass is 10.1. The van der Waals surface area contributed by atoms with Crippen LogP contribution in [0.2, 0.25) is 0 Å². The van der Waals surface area contributed by atoms with E-state index in [0.29, 0.717) is 16.7 Å². The first-order valence-corrected chi connectivity index (χ1v) is 8.05. The monoisotopic (exact) mass is 362 g/mol. The number of nitrogens with zero attached hydrogens (tertiary/aromatic N) is 3. The standard InChI is InChI=1S/C18H17F3N4O/c1-11(2)25-16-14(9-23-25)13(17(26)22-10-18(19,20)21)8-15(24-16)12-6-4-3-5-7-12/h3-9,11H,10H2,1-2H3,(H,22,26). The lowest BCUT2D eigenvalue weighted by Gasteiger charge is -2.12. The first kappa shape index (κ1) is 17.9. The van der Waals surface area contributed by atoms with Crippen LogP contribution in [0.25, 0.3) is 22.3 Å². The number of nitrogens with one attached hydrogen (secondary N) is 1. The minimum absolute atomic E-state index is 0.0166. The zero-order valence-corrected chi connectivity index (χ0v) is 14.2. The molecule has 1 N–H and O–H groups in total. The van der Waals surface area contributed by atoms with Gasteiger partial charge in [0.05, 0.1) is 22.8 Å². The van der Waals surface area contributed by atoms with Crippen LogP contribution in [0, 0.1) is 0 Å². The van der Waals surface area contributed by atoms with Crippen molar-refractivity contribution < 1.29 is 18.0 Å². The molecule has 0 saturated carbocycles. The molecule has 0 spiro atoms. The maximum atomic E-state index is 12.5. The van der Waals surface area contributed by atoms with Gasteiger partial charge in [-0.3, -0.25) is 4.79 Å². The highest BCUT2D eigenvalue weighted by Gasteiger charge is 2.28. The van der Waals surface area contributed by atoms with E-state index in [1.54, 1.807) is 4.68 Å². The van der Waals surface area contributed by atoms with Crippen molar-refractivity contribution in [3.05, 3.63) is 48.2 Å². The molecule has 2 heterocycles. The average Bonchev–Trinajstić information content (AvgIpc) is 3.03. The van der Waals surface area contributed by atoms with Gasteiger partial charge in [0.15, 0.2) is 5.65 Å². The smallest absolute Gasteiger partial charge is 0.343 e. The topological polar surface area (TPSA) is 59.8 Å². The first-order valence-electron chi connectivity index (χ1n) is 8.05. The second-order valence-corrected chi connectivity index (χ2v) is 6.14. The third kappa shape index (κ3) is 3.68. The van der Waals surface area contributed by atoms with E-state index in [2.05, 4.69) is 10.1 Å². The molecule has 3 aromatic rings. The van der Waals surface area contributed by atoms with Crippen LogP contribution < -0.4 is 5.32 Å². The number of carbonyl (C=O) groups is 1. The Morgan fingerprint density at radius 3 is 2.54 bits per heavy atom. The minimum atomic E-state index is -4.48. The molecule has 1 amide bonds. The number of aromatic nitrogens is 3.